The topological polar surface area (TPSA) is 125 Å². The molecule has 2 amide bonds. The summed E-state index contributed by atoms with van der Waals surface area (Å²) < 4.78 is 0. The van der Waals surface area contributed by atoms with Crippen LogP contribution < -0.4 is 10.6 Å². The molecule has 3 rings (SSSR count). The van der Waals surface area contributed by atoms with Crippen molar-refractivity contribution < 1.29 is 19.6 Å². The molecule has 2 unspecified atom stereocenters. The molecule has 9 nitrogen and oxygen atoms in total. The first kappa shape index (κ1) is 21.9. The zero-order valence-corrected chi connectivity index (χ0v) is 16.2. The molecule has 0 radical (unpaired) electrons. The minimum absolute atomic E-state index is 0. The van der Waals surface area contributed by atoms with Gasteiger partial charge in [0.2, 0.25) is 5.91 Å². The molecular weight excluding hydrogens is 388 g/mol. The predicted octanol–water partition coefficient (Wildman–Crippen LogP) is 1.44. The summed E-state index contributed by atoms with van der Waals surface area (Å²) in [5.41, 5.74) is -0.204. The van der Waals surface area contributed by atoms with E-state index in [2.05, 4.69) is 10.6 Å². The highest BCUT2D eigenvalue weighted by Crippen LogP contribution is 2.27. The van der Waals surface area contributed by atoms with Crippen LogP contribution in [0.3, 0.4) is 0 Å². The normalized spacial score (nSPS) is 21.6. The molecule has 2 aliphatic heterocycles. The highest BCUT2D eigenvalue weighted by atomic mass is 35.5. The van der Waals surface area contributed by atoms with Gasteiger partial charge in [0.1, 0.15) is 0 Å². The maximum absolute atomic E-state index is 12.7. The van der Waals surface area contributed by atoms with Gasteiger partial charge in [0.25, 0.3) is 5.91 Å². The Balaban J connectivity index is 0.00000280. The zero-order chi connectivity index (χ0) is 19.4. The summed E-state index contributed by atoms with van der Waals surface area (Å²) in [5.74, 6) is -0.611. The minimum atomic E-state index is -0.692. The quantitative estimate of drug-likeness (QED) is 0.496. The molecule has 28 heavy (non-hydrogen) atoms. The van der Waals surface area contributed by atoms with Crippen molar-refractivity contribution in [2.75, 3.05) is 26.2 Å². The first-order chi connectivity index (χ1) is 13.0. The van der Waals surface area contributed by atoms with E-state index in [-0.39, 0.29) is 41.7 Å². The largest absolute Gasteiger partial charge is 0.502 e. The first-order valence-electron chi connectivity index (χ1n) is 9.23. The smallest absolute Gasteiger partial charge is 0.310 e. The fourth-order valence-corrected chi connectivity index (χ4v) is 3.69. The molecule has 2 heterocycles. The Morgan fingerprint density at radius 3 is 2.75 bits per heavy atom. The number of nitrogens with zero attached hydrogens (tertiary/aromatic N) is 2. The van der Waals surface area contributed by atoms with Crippen LogP contribution in [0, 0.1) is 16.0 Å². The summed E-state index contributed by atoms with van der Waals surface area (Å²) in [7, 11) is 0. The second-order valence-electron chi connectivity index (χ2n) is 7.11. The minimum Gasteiger partial charge on any atom is -0.502 e. The van der Waals surface area contributed by atoms with Crippen LogP contribution in [-0.2, 0) is 4.79 Å². The third-order valence-electron chi connectivity index (χ3n) is 5.17. The molecule has 1 aromatic carbocycles. The summed E-state index contributed by atoms with van der Waals surface area (Å²) in [6.07, 6.45) is 3.61. The van der Waals surface area contributed by atoms with Crippen LogP contribution in [0.25, 0.3) is 0 Å². The Kier molecular flexibility index (Phi) is 7.59. The number of halogens is 1. The van der Waals surface area contributed by atoms with Crippen LogP contribution in [0.4, 0.5) is 5.69 Å². The molecule has 154 valence electrons. The number of nitro groups is 1. The van der Waals surface area contributed by atoms with Crippen LogP contribution in [0.15, 0.2) is 18.2 Å². The summed E-state index contributed by atoms with van der Waals surface area (Å²) in [6.45, 7) is 2.48. The number of benzene rings is 1. The van der Waals surface area contributed by atoms with Gasteiger partial charge < -0.3 is 20.6 Å². The number of phenolic OH excluding ortho intramolecular Hbond substituents is 1. The Labute approximate surface area is 169 Å². The van der Waals surface area contributed by atoms with Crippen molar-refractivity contribution in [3.8, 4) is 5.75 Å². The molecule has 0 saturated carbocycles. The van der Waals surface area contributed by atoms with Crippen molar-refractivity contribution in [2.24, 2.45) is 5.92 Å². The van der Waals surface area contributed by atoms with E-state index in [9.17, 15) is 24.8 Å². The van der Waals surface area contributed by atoms with Gasteiger partial charge in [-0.25, -0.2) is 0 Å². The van der Waals surface area contributed by atoms with Gasteiger partial charge in [-0.05, 0) is 50.3 Å². The highest BCUT2D eigenvalue weighted by Gasteiger charge is 2.27. The lowest BCUT2D eigenvalue weighted by molar-refractivity contribution is -0.385. The van der Waals surface area contributed by atoms with Crippen LogP contribution in [0.2, 0.25) is 0 Å². The second-order valence-corrected chi connectivity index (χ2v) is 7.11. The first-order valence-corrected chi connectivity index (χ1v) is 9.23. The van der Waals surface area contributed by atoms with E-state index in [4.69, 9.17) is 0 Å². The van der Waals surface area contributed by atoms with Gasteiger partial charge in [-0.2, -0.15) is 0 Å². The Bertz CT molecular complexity index is 739. The van der Waals surface area contributed by atoms with E-state index < -0.39 is 16.4 Å². The van der Waals surface area contributed by atoms with E-state index in [1.54, 1.807) is 4.90 Å². The number of rotatable bonds is 5. The lowest BCUT2D eigenvalue weighted by Crippen LogP contribution is -2.46. The summed E-state index contributed by atoms with van der Waals surface area (Å²) in [6, 6.07) is 3.52. The SMILES string of the molecule is Cl.O=C(NCC1CCCN(C(=O)c2ccc([N+](=O)[O-])c(O)c2)C1)C1CCCN1. The van der Waals surface area contributed by atoms with Crippen LogP contribution in [0.5, 0.6) is 5.75 Å². The molecule has 2 atom stereocenters. The Morgan fingerprint density at radius 1 is 1.32 bits per heavy atom. The van der Waals surface area contributed by atoms with Gasteiger partial charge in [0.05, 0.1) is 11.0 Å². The lowest BCUT2D eigenvalue weighted by atomic mass is 9.97. The number of piperidine rings is 1. The molecule has 10 heteroatoms. The third kappa shape index (κ3) is 5.11. The van der Waals surface area contributed by atoms with Crippen molar-refractivity contribution in [3.05, 3.63) is 33.9 Å². The molecular formula is C18H25ClN4O5. The molecule has 2 fully saturated rings. The molecule has 0 aromatic heterocycles. The van der Waals surface area contributed by atoms with E-state index in [0.717, 1.165) is 44.4 Å². The number of carbonyl (C=O) groups excluding carboxylic acids is 2. The fraction of sp³-hybridized carbons (Fsp3) is 0.556. The van der Waals surface area contributed by atoms with E-state index in [1.807, 2.05) is 0 Å². The van der Waals surface area contributed by atoms with Crippen LogP contribution >= 0.6 is 12.4 Å². The number of amides is 2. The Hall–Kier alpha value is -2.39. The molecule has 0 bridgehead atoms. The van der Waals surface area contributed by atoms with Gasteiger partial charge >= 0.3 is 5.69 Å². The number of likely N-dealkylation sites (tertiary alicyclic amines) is 1. The van der Waals surface area contributed by atoms with Crippen molar-refractivity contribution in [1.29, 1.82) is 0 Å². The average Bonchev–Trinajstić information content (AvgIpc) is 3.20. The van der Waals surface area contributed by atoms with E-state index in [1.165, 1.54) is 6.07 Å². The van der Waals surface area contributed by atoms with Crippen molar-refractivity contribution in [1.82, 2.24) is 15.5 Å². The summed E-state index contributed by atoms with van der Waals surface area (Å²) in [5, 5.41) is 26.7. The lowest BCUT2D eigenvalue weighted by Gasteiger charge is -2.33. The number of nitrogens with one attached hydrogen (secondary N) is 2. The van der Waals surface area contributed by atoms with Crippen molar-refractivity contribution >= 4 is 29.9 Å². The average molecular weight is 413 g/mol. The number of nitro benzene ring substituents is 1. The maximum atomic E-state index is 12.7. The van der Waals surface area contributed by atoms with Gasteiger partial charge in [0.15, 0.2) is 5.75 Å². The highest BCUT2D eigenvalue weighted by molar-refractivity contribution is 5.95. The number of hydrogen-bond donors (Lipinski definition) is 3. The number of phenols is 1. The maximum Gasteiger partial charge on any atom is 0.310 e. The standard InChI is InChI=1S/C18H24N4O5.ClH/c23-16-9-13(5-6-15(16)22(26)27)18(25)21-8-2-3-12(11-21)10-20-17(24)14-4-1-7-19-14;/h5-6,9,12,14,19,23H,1-4,7-8,10-11H2,(H,20,24);1H. The van der Waals surface area contributed by atoms with Crippen LogP contribution in [0.1, 0.15) is 36.0 Å². The number of carbonyl (C=O) groups is 2. The summed E-state index contributed by atoms with van der Waals surface area (Å²) in [4.78, 5) is 36.6. The predicted molar refractivity (Wildman–Crippen MR) is 105 cm³/mol. The molecule has 3 N–H and O–H groups in total. The van der Waals surface area contributed by atoms with Crippen LogP contribution in [-0.4, -0.2) is 59.0 Å². The third-order valence-corrected chi connectivity index (χ3v) is 5.17. The molecule has 2 aliphatic rings. The van der Waals surface area contributed by atoms with Crippen molar-refractivity contribution in [2.45, 2.75) is 31.7 Å². The molecule has 0 aliphatic carbocycles. The van der Waals surface area contributed by atoms with E-state index in [0.29, 0.717) is 19.6 Å². The molecule has 2 saturated heterocycles. The van der Waals surface area contributed by atoms with Gasteiger partial charge in [-0.1, -0.05) is 0 Å². The number of hydrogen-bond acceptors (Lipinski definition) is 6. The number of aromatic hydroxyl groups is 1. The fourth-order valence-electron chi connectivity index (χ4n) is 3.69. The Morgan fingerprint density at radius 2 is 2.11 bits per heavy atom. The van der Waals surface area contributed by atoms with Gasteiger partial charge in [0, 0.05) is 31.3 Å². The molecule has 1 aromatic rings. The van der Waals surface area contributed by atoms with E-state index >= 15 is 0 Å². The zero-order valence-electron chi connectivity index (χ0n) is 15.4. The second kappa shape index (κ2) is 9.70. The monoisotopic (exact) mass is 412 g/mol. The summed E-state index contributed by atoms with van der Waals surface area (Å²) >= 11 is 0. The van der Waals surface area contributed by atoms with Gasteiger partial charge in [-0.15, -0.1) is 12.4 Å². The van der Waals surface area contributed by atoms with Crippen molar-refractivity contribution in [3.63, 3.8) is 0 Å². The van der Waals surface area contributed by atoms with Gasteiger partial charge in [-0.3, -0.25) is 19.7 Å². The molecule has 0 spiro atoms.